The number of aromatic nitrogens is 3. The van der Waals surface area contributed by atoms with Gasteiger partial charge in [-0.25, -0.2) is 4.98 Å². The maximum absolute atomic E-state index is 11.7. The molecule has 108 valence electrons. The average molecular weight is 393 g/mol. The number of ether oxygens (including phenoxy) is 1. The first-order valence-corrected chi connectivity index (χ1v) is 6.98. The molecule has 0 amide bonds. The smallest absolute Gasteiger partial charge is 0.276 e. The van der Waals surface area contributed by atoms with Crippen molar-refractivity contribution >= 4 is 33.6 Å². The van der Waals surface area contributed by atoms with E-state index in [4.69, 9.17) is 9.84 Å². The van der Waals surface area contributed by atoms with E-state index in [1.165, 1.54) is 17.1 Å². The van der Waals surface area contributed by atoms with Crippen LogP contribution in [0.5, 0.6) is 0 Å². The van der Waals surface area contributed by atoms with Crippen LogP contribution in [0, 0.1) is 3.57 Å². The lowest BCUT2D eigenvalue weighted by atomic mass is 10.1. The molecular formula is C11H12IN3O5. The summed E-state index contributed by atoms with van der Waals surface area (Å²) in [6.07, 6.45) is -1.26. The van der Waals surface area contributed by atoms with Crippen LogP contribution in [0.2, 0.25) is 0 Å². The molecule has 3 heterocycles. The van der Waals surface area contributed by atoms with E-state index >= 15 is 0 Å². The Hall–Kier alpha value is -1.01. The van der Waals surface area contributed by atoms with Gasteiger partial charge in [0.05, 0.1) is 22.0 Å². The molecule has 4 N–H and O–H groups in total. The van der Waals surface area contributed by atoms with Gasteiger partial charge in [0.2, 0.25) is 0 Å². The van der Waals surface area contributed by atoms with Crippen molar-refractivity contribution in [1.29, 1.82) is 0 Å². The second kappa shape index (κ2) is 5.07. The lowest BCUT2D eigenvalue weighted by Gasteiger charge is -2.17. The monoisotopic (exact) mass is 393 g/mol. The van der Waals surface area contributed by atoms with E-state index in [0.29, 0.717) is 5.52 Å². The Morgan fingerprint density at radius 1 is 1.45 bits per heavy atom. The number of pyridine rings is 1. The molecule has 1 fully saturated rings. The van der Waals surface area contributed by atoms with Gasteiger partial charge >= 0.3 is 0 Å². The zero-order valence-corrected chi connectivity index (χ0v) is 12.3. The first kappa shape index (κ1) is 13.9. The fourth-order valence-corrected chi connectivity index (χ4v) is 3.02. The molecule has 0 spiro atoms. The van der Waals surface area contributed by atoms with Crippen LogP contribution in [0.25, 0.3) is 11.0 Å². The highest BCUT2D eigenvalue weighted by Gasteiger charge is 2.43. The first-order chi connectivity index (χ1) is 9.54. The van der Waals surface area contributed by atoms with E-state index in [0.717, 1.165) is 3.57 Å². The molecular weight excluding hydrogens is 381 g/mol. The van der Waals surface area contributed by atoms with Crippen molar-refractivity contribution in [1.82, 2.24) is 14.5 Å². The van der Waals surface area contributed by atoms with E-state index in [9.17, 15) is 15.0 Å². The van der Waals surface area contributed by atoms with Gasteiger partial charge in [0.15, 0.2) is 11.7 Å². The van der Waals surface area contributed by atoms with Gasteiger partial charge in [-0.05, 0) is 22.6 Å². The van der Waals surface area contributed by atoms with E-state index < -0.39 is 31.1 Å². The Kier molecular flexibility index (Phi) is 3.54. The number of hydrogen-bond acceptors (Lipinski definition) is 6. The third-order valence-corrected chi connectivity index (χ3v) is 4.18. The zero-order valence-electron chi connectivity index (χ0n) is 10.1. The van der Waals surface area contributed by atoms with Crippen molar-refractivity contribution in [3.8, 4) is 0 Å². The number of halogens is 1. The molecule has 8 nitrogen and oxygen atoms in total. The Morgan fingerprint density at radius 2 is 2.20 bits per heavy atom. The zero-order chi connectivity index (χ0) is 14.4. The van der Waals surface area contributed by atoms with Gasteiger partial charge in [-0.1, -0.05) is 0 Å². The largest absolute Gasteiger partial charge is 0.394 e. The summed E-state index contributed by atoms with van der Waals surface area (Å²) >= 11 is 2.03. The number of H-pyrrole nitrogens is 1. The molecule has 0 aliphatic carbocycles. The number of rotatable bonds is 2. The maximum Gasteiger partial charge on any atom is 0.276 e. The van der Waals surface area contributed by atoms with Crippen LogP contribution in [0.1, 0.15) is 6.23 Å². The van der Waals surface area contributed by atoms with Crippen LogP contribution in [-0.4, -0.2) is 54.8 Å². The minimum absolute atomic E-state index is 0.231. The van der Waals surface area contributed by atoms with Gasteiger partial charge in [0.1, 0.15) is 18.3 Å². The quantitative estimate of drug-likeness (QED) is 0.483. The van der Waals surface area contributed by atoms with Gasteiger partial charge in [0, 0.05) is 6.20 Å². The van der Waals surface area contributed by atoms with Crippen LogP contribution < -0.4 is 5.56 Å². The highest BCUT2D eigenvalue weighted by molar-refractivity contribution is 14.1. The number of fused-ring (bicyclic) bond motifs is 1. The summed E-state index contributed by atoms with van der Waals surface area (Å²) in [4.78, 5) is 18.3. The Labute approximate surface area is 126 Å². The molecule has 2 aromatic rings. The topological polar surface area (TPSA) is 121 Å². The second-order valence-electron chi connectivity index (χ2n) is 4.54. The van der Waals surface area contributed by atoms with Crippen LogP contribution in [0.15, 0.2) is 17.3 Å². The predicted octanol–water partition coefficient (Wildman–Crippen LogP) is -1.06. The second-order valence-corrected chi connectivity index (χ2v) is 5.71. The summed E-state index contributed by atoms with van der Waals surface area (Å²) in [7, 11) is 0. The van der Waals surface area contributed by atoms with Crippen molar-refractivity contribution in [3.63, 3.8) is 0 Å². The number of nitrogens with zero attached hydrogens (tertiary/aromatic N) is 2. The van der Waals surface area contributed by atoms with Crippen molar-refractivity contribution in [2.45, 2.75) is 24.5 Å². The highest BCUT2D eigenvalue weighted by Crippen LogP contribution is 2.32. The van der Waals surface area contributed by atoms with E-state index in [2.05, 4.69) is 9.97 Å². The van der Waals surface area contributed by atoms with Crippen LogP contribution in [0.4, 0.5) is 0 Å². The average Bonchev–Trinajstić information content (AvgIpc) is 2.99. The number of aliphatic hydroxyl groups excluding tert-OH is 3. The lowest BCUT2D eigenvalue weighted by molar-refractivity contribution is -0.0509. The van der Waals surface area contributed by atoms with E-state index in [-0.39, 0.29) is 11.1 Å². The van der Waals surface area contributed by atoms with Crippen molar-refractivity contribution in [2.75, 3.05) is 6.61 Å². The maximum atomic E-state index is 11.7. The molecule has 1 aliphatic heterocycles. The molecule has 0 aromatic carbocycles. The number of aromatic amines is 1. The molecule has 1 aliphatic rings. The van der Waals surface area contributed by atoms with Gasteiger partial charge in [-0.2, -0.15) is 0 Å². The fraction of sp³-hybridized carbons (Fsp3) is 0.455. The Bertz CT molecular complexity index is 699. The normalized spacial score (nSPS) is 30.2. The summed E-state index contributed by atoms with van der Waals surface area (Å²) in [6, 6.07) is 0. The Morgan fingerprint density at radius 3 is 2.85 bits per heavy atom. The predicted molar refractivity (Wildman–Crippen MR) is 76.1 cm³/mol. The fourth-order valence-electron chi connectivity index (χ4n) is 2.33. The van der Waals surface area contributed by atoms with Gasteiger partial charge in [-0.3, -0.25) is 9.36 Å². The van der Waals surface area contributed by atoms with Crippen molar-refractivity contribution in [3.05, 3.63) is 26.4 Å². The molecule has 3 rings (SSSR count). The molecule has 1 saturated heterocycles. The van der Waals surface area contributed by atoms with Crippen molar-refractivity contribution < 1.29 is 20.1 Å². The number of hydrogen-bond donors (Lipinski definition) is 4. The molecule has 0 radical (unpaired) electrons. The van der Waals surface area contributed by atoms with Crippen LogP contribution >= 0.6 is 22.6 Å². The number of nitrogens with one attached hydrogen (secondary N) is 1. The van der Waals surface area contributed by atoms with Gasteiger partial charge in [-0.15, -0.1) is 0 Å². The third-order valence-electron chi connectivity index (χ3n) is 3.36. The lowest BCUT2D eigenvalue weighted by Crippen LogP contribution is -2.33. The van der Waals surface area contributed by atoms with Crippen LogP contribution in [0.3, 0.4) is 0 Å². The summed E-state index contributed by atoms with van der Waals surface area (Å²) in [5, 5.41) is 28.9. The third kappa shape index (κ3) is 1.97. The summed E-state index contributed by atoms with van der Waals surface area (Å²) in [6.45, 7) is -0.404. The molecule has 0 bridgehead atoms. The van der Waals surface area contributed by atoms with Gasteiger partial charge < -0.3 is 25.0 Å². The Balaban J connectivity index is 2.12. The number of aliphatic hydroxyl groups is 3. The SMILES string of the molecule is O=c1[nH]cc(I)c2c1ncn2[C@@H]1O[C@H](CO)[C@@H](O)[C@H]1O. The first-order valence-electron chi connectivity index (χ1n) is 5.90. The van der Waals surface area contributed by atoms with Gasteiger partial charge in [0.25, 0.3) is 5.56 Å². The molecule has 0 saturated carbocycles. The summed E-state index contributed by atoms with van der Waals surface area (Å²) in [5.74, 6) is 0. The standard InChI is InChI=1S/C11H12IN3O5/c12-4-1-13-10(19)6-7(4)15(3-14-6)11-9(18)8(17)5(2-16)20-11/h1,3,5,8-9,11,16-18H,2H2,(H,13,19)/t5-,8-,9-,11-/m1/s1. The molecule has 4 atom stereocenters. The van der Waals surface area contributed by atoms with Crippen LogP contribution in [-0.2, 0) is 4.74 Å². The summed E-state index contributed by atoms with van der Waals surface area (Å²) in [5.41, 5.74) is 0.407. The summed E-state index contributed by atoms with van der Waals surface area (Å²) < 4.78 is 7.66. The molecule has 2 aromatic heterocycles. The van der Waals surface area contributed by atoms with E-state index in [1.54, 1.807) is 0 Å². The van der Waals surface area contributed by atoms with E-state index in [1.807, 2.05) is 22.6 Å². The minimum atomic E-state index is -1.21. The van der Waals surface area contributed by atoms with Crippen molar-refractivity contribution in [2.24, 2.45) is 0 Å². The molecule has 0 unspecified atom stereocenters. The molecule has 9 heteroatoms. The molecule has 20 heavy (non-hydrogen) atoms. The minimum Gasteiger partial charge on any atom is -0.394 e. The highest BCUT2D eigenvalue weighted by atomic mass is 127. The number of imidazole rings is 1.